The number of hydrogen-bond donors (Lipinski definition) is 1. The van der Waals surface area contributed by atoms with Crippen molar-refractivity contribution in [1.82, 2.24) is 0 Å². The van der Waals surface area contributed by atoms with Crippen molar-refractivity contribution in [3.05, 3.63) is 29.0 Å². The molecule has 0 radical (unpaired) electrons. The molecule has 0 aliphatic carbocycles. The maximum absolute atomic E-state index is 13.2. The number of benzene rings is 1. The molecule has 136 valence electrons. The van der Waals surface area contributed by atoms with Crippen molar-refractivity contribution in [2.24, 2.45) is 0 Å². The van der Waals surface area contributed by atoms with Gasteiger partial charge in [0.05, 0.1) is 10.8 Å². The molecule has 2 rings (SSSR count). The van der Waals surface area contributed by atoms with E-state index in [0.717, 1.165) is 23.4 Å². The molecule has 0 fully saturated rings. The fraction of sp³-hybridized carbons (Fsp3) is 0.267. The third kappa shape index (κ3) is 3.72. The van der Waals surface area contributed by atoms with E-state index in [4.69, 9.17) is 20.8 Å². The van der Waals surface area contributed by atoms with Gasteiger partial charge in [0.2, 0.25) is 21.5 Å². The van der Waals surface area contributed by atoms with Gasteiger partial charge in [-0.1, -0.05) is 11.6 Å². The number of hydrogen-bond acceptors (Lipinski definition) is 6. The number of sulfonamides is 1. The number of ether oxygens (including phenoxy) is 1. The predicted octanol–water partition coefficient (Wildman–Crippen LogP) is 3.16. The number of carbonyl (C=O) groups excluding carboxylic acids is 1. The van der Waals surface area contributed by atoms with E-state index in [1.165, 1.54) is 20.0 Å². The van der Waals surface area contributed by atoms with Gasteiger partial charge in [0.1, 0.15) is 5.82 Å². The van der Waals surface area contributed by atoms with Gasteiger partial charge in [-0.3, -0.25) is 4.79 Å². The van der Waals surface area contributed by atoms with Crippen LogP contribution in [0, 0.1) is 5.82 Å². The molecule has 0 atom stereocenters. The molecular formula is C15H15ClFNO6S. The van der Waals surface area contributed by atoms with Crippen molar-refractivity contribution in [3.8, 4) is 22.8 Å². The van der Waals surface area contributed by atoms with Gasteiger partial charge >= 0.3 is 5.97 Å². The number of halogens is 2. The third-order valence-corrected chi connectivity index (χ3v) is 5.36. The molecule has 1 aromatic heterocycles. The van der Waals surface area contributed by atoms with E-state index < -0.39 is 39.2 Å². The number of anilines is 1. The zero-order chi connectivity index (χ0) is 18.9. The smallest absolute Gasteiger partial charge is 0.308 e. The summed E-state index contributed by atoms with van der Waals surface area (Å²) in [6.07, 6.45) is 0. The highest BCUT2D eigenvalue weighted by Crippen LogP contribution is 2.49. The fourth-order valence-corrected chi connectivity index (χ4v) is 3.03. The van der Waals surface area contributed by atoms with E-state index in [-0.39, 0.29) is 22.1 Å². The van der Waals surface area contributed by atoms with Gasteiger partial charge in [-0.15, -0.1) is 0 Å². The number of esters is 1. The Bertz CT molecular complexity index is 924. The fourth-order valence-electron chi connectivity index (χ4n) is 2.01. The van der Waals surface area contributed by atoms with Gasteiger partial charge in [-0.25, -0.2) is 17.1 Å². The molecule has 0 unspecified atom stereocenters. The van der Waals surface area contributed by atoms with Crippen LogP contribution >= 0.6 is 11.6 Å². The highest BCUT2D eigenvalue weighted by Gasteiger charge is 2.31. The Morgan fingerprint density at radius 3 is 2.60 bits per heavy atom. The number of aromatic hydroxyl groups is 1. The van der Waals surface area contributed by atoms with Gasteiger partial charge < -0.3 is 14.3 Å². The molecule has 0 spiro atoms. The van der Waals surface area contributed by atoms with Crippen molar-refractivity contribution in [1.29, 1.82) is 0 Å². The first-order valence-electron chi connectivity index (χ1n) is 7.04. The van der Waals surface area contributed by atoms with Crippen LogP contribution in [0.2, 0.25) is 5.02 Å². The maximum atomic E-state index is 13.2. The zero-order valence-corrected chi connectivity index (χ0v) is 15.1. The highest BCUT2D eigenvalue weighted by molar-refractivity contribution is 7.92. The van der Waals surface area contributed by atoms with E-state index >= 15 is 0 Å². The minimum Gasteiger partial charge on any atom is -0.502 e. The second kappa shape index (κ2) is 6.93. The Balaban J connectivity index is 2.70. The molecule has 0 saturated carbocycles. The second-order valence-electron chi connectivity index (χ2n) is 5.00. The molecule has 0 saturated heterocycles. The molecule has 7 nitrogen and oxygen atoms in total. The molecule has 0 bridgehead atoms. The lowest BCUT2D eigenvalue weighted by Gasteiger charge is -2.16. The van der Waals surface area contributed by atoms with Crippen molar-refractivity contribution in [3.63, 3.8) is 0 Å². The van der Waals surface area contributed by atoms with Crippen LogP contribution in [0.4, 0.5) is 10.3 Å². The van der Waals surface area contributed by atoms with Gasteiger partial charge in [-0.2, -0.15) is 0 Å². The van der Waals surface area contributed by atoms with Crippen LogP contribution in [0.25, 0.3) is 11.3 Å². The molecule has 10 heteroatoms. The molecule has 25 heavy (non-hydrogen) atoms. The number of nitrogens with zero attached hydrogens (tertiary/aromatic N) is 1. The summed E-state index contributed by atoms with van der Waals surface area (Å²) in [7, 11) is -2.59. The molecule has 1 N–H and O–H groups in total. The Hall–Kier alpha value is -2.26. The molecule has 1 aromatic carbocycles. The molecule has 0 aliphatic heterocycles. The van der Waals surface area contributed by atoms with E-state index in [0.29, 0.717) is 0 Å². The molecule has 0 aliphatic rings. The average molecular weight is 392 g/mol. The maximum Gasteiger partial charge on any atom is 0.308 e. The molecule has 0 amide bonds. The Kier molecular flexibility index (Phi) is 5.28. The summed E-state index contributed by atoms with van der Waals surface area (Å²) in [6.45, 7) is 2.49. The second-order valence-corrected chi connectivity index (χ2v) is 7.70. The molecule has 2 aromatic rings. The molecular weight excluding hydrogens is 377 g/mol. The number of furan rings is 1. The van der Waals surface area contributed by atoms with Crippen LogP contribution in [0.3, 0.4) is 0 Å². The average Bonchev–Trinajstić information content (AvgIpc) is 2.83. The van der Waals surface area contributed by atoms with E-state index in [1.807, 2.05) is 0 Å². The number of rotatable bonds is 5. The Morgan fingerprint density at radius 1 is 1.44 bits per heavy atom. The van der Waals surface area contributed by atoms with E-state index in [2.05, 4.69) is 0 Å². The highest BCUT2D eigenvalue weighted by atomic mass is 35.5. The summed E-state index contributed by atoms with van der Waals surface area (Å²) in [5, 5.41) is 10.3. The summed E-state index contributed by atoms with van der Waals surface area (Å²) in [5.41, 5.74) is 0.0996. The lowest BCUT2D eigenvalue weighted by Crippen LogP contribution is -2.28. The normalized spacial score (nSPS) is 11.4. The topological polar surface area (TPSA) is 97.1 Å². The van der Waals surface area contributed by atoms with Crippen LogP contribution in [0.1, 0.15) is 13.8 Å². The largest absolute Gasteiger partial charge is 0.502 e. The van der Waals surface area contributed by atoms with E-state index in [9.17, 15) is 22.7 Å². The summed E-state index contributed by atoms with van der Waals surface area (Å²) in [6, 6.07) is 3.32. The SMILES string of the molecule is CCS(=O)(=O)N(C)c1oc(-c2ccc(F)cc2Cl)c(O)c1OC(C)=O. The van der Waals surface area contributed by atoms with Crippen molar-refractivity contribution < 1.29 is 31.9 Å². The Labute approximate surface area is 148 Å². The van der Waals surface area contributed by atoms with Crippen LogP contribution in [-0.4, -0.2) is 32.3 Å². The van der Waals surface area contributed by atoms with Crippen molar-refractivity contribution >= 4 is 33.5 Å². The minimum absolute atomic E-state index is 0.0778. The minimum atomic E-state index is -3.77. The first-order valence-corrected chi connectivity index (χ1v) is 9.03. The van der Waals surface area contributed by atoms with Crippen molar-refractivity contribution in [2.75, 3.05) is 17.1 Å². The van der Waals surface area contributed by atoms with Crippen LogP contribution in [0.15, 0.2) is 22.6 Å². The summed E-state index contributed by atoms with van der Waals surface area (Å²) in [5.74, 6) is -3.40. The van der Waals surface area contributed by atoms with Gasteiger partial charge in [0, 0.05) is 19.5 Å². The van der Waals surface area contributed by atoms with Crippen LogP contribution in [0.5, 0.6) is 11.5 Å². The first kappa shape index (κ1) is 19.1. The summed E-state index contributed by atoms with van der Waals surface area (Å²) >= 11 is 5.95. The Morgan fingerprint density at radius 2 is 2.08 bits per heavy atom. The third-order valence-electron chi connectivity index (χ3n) is 3.31. The quantitative estimate of drug-likeness (QED) is 0.786. The van der Waals surface area contributed by atoms with Gasteiger partial charge in [0.15, 0.2) is 5.76 Å². The summed E-state index contributed by atoms with van der Waals surface area (Å²) < 4.78 is 48.4. The lowest BCUT2D eigenvalue weighted by molar-refractivity contribution is -0.132. The lowest BCUT2D eigenvalue weighted by atomic mass is 10.1. The zero-order valence-electron chi connectivity index (χ0n) is 13.5. The first-order chi connectivity index (χ1) is 11.6. The van der Waals surface area contributed by atoms with Gasteiger partial charge in [0.25, 0.3) is 5.88 Å². The molecule has 1 heterocycles. The van der Waals surface area contributed by atoms with E-state index in [1.54, 1.807) is 0 Å². The number of carbonyl (C=O) groups is 1. The summed E-state index contributed by atoms with van der Waals surface area (Å²) in [4.78, 5) is 11.3. The van der Waals surface area contributed by atoms with Crippen LogP contribution in [-0.2, 0) is 14.8 Å². The van der Waals surface area contributed by atoms with Gasteiger partial charge in [-0.05, 0) is 25.1 Å². The predicted molar refractivity (Wildman–Crippen MR) is 89.9 cm³/mol. The van der Waals surface area contributed by atoms with Crippen LogP contribution < -0.4 is 9.04 Å². The van der Waals surface area contributed by atoms with Crippen molar-refractivity contribution in [2.45, 2.75) is 13.8 Å². The monoisotopic (exact) mass is 391 g/mol. The standard InChI is InChI=1S/C15H15ClFNO6S/c1-4-25(21,22)18(3)15-14(23-8(2)19)12(20)13(24-15)10-6-5-9(17)7-11(10)16/h5-7,20H,4H2,1-3H3.